The minimum Gasteiger partial charge on any atom is -0.389 e. The van der Waals surface area contributed by atoms with E-state index in [4.69, 9.17) is 0 Å². The van der Waals surface area contributed by atoms with Crippen LogP contribution in [0.2, 0.25) is 0 Å². The van der Waals surface area contributed by atoms with Gasteiger partial charge in [0, 0.05) is 25.3 Å². The van der Waals surface area contributed by atoms with E-state index in [9.17, 15) is 5.11 Å². The van der Waals surface area contributed by atoms with Gasteiger partial charge < -0.3 is 10.0 Å². The number of aromatic nitrogens is 1. The third kappa shape index (κ3) is 3.25. The predicted molar refractivity (Wildman–Crippen MR) is 78.4 cm³/mol. The number of rotatable bonds is 5. The van der Waals surface area contributed by atoms with Crippen molar-refractivity contribution in [2.75, 3.05) is 31.1 Å². The smallest absolute Gasteiger partial charge is 0.128 e. The van der Waals surface area contributed by atoms with Crippen LogP contribution < -0.4 is 4.90 Å². The maximum atomic E-state index is 9.65. The first-order valence-electron chi connectivity index (χ1n) is 7.28. The number of likely N-dealkylation sites (N-methyl/N-ethyl adjacent to an activating group) is 1. The summed E-state index contributed by atoms with van der Waals surface area (Å²) < 4.78 is 0. The Morgan fingerprint density at radius 2 is 2.21 bits per heavy atom. The summed E-state index contributed by atoms with van der Waals surface area (Å²) >= 11 is 0. The maximum absolute atomic E-state index is 9.65. The molecule has 2 heterocycles. The van der Waals surface area contributed by atoms with Crippen LogP contribution in [0.4, 0.5) is 5.82 Å². The molecule has 0 radical (unpaired) electrons. The number of aliphatic hydroxyl groups is 1. The lowest BCUT2D eigenvalue weighted by Crippen LogP contribution is -2.37. The van der Waals surface area contributed by atoms with Gasteiger partial charge in [0.25, 0.3) is 0 Å². The highest BCUT2D eigenvalue weighted by atomic mass is 16.3. The molecule has 19 heavy (non-hydrogen) atoms. The third-order valence-electron chi connectivity index (χ3n) is 4.07. The quantitative estimate of drug-likeness (QED) is 0.882. The van der Waals surface area contributed by atoms with E-state index in [1.165, 1.54) is 6.42 Å². The Bertz CT molecular complexity index is 404. The van der Waals surface area contributed by atoms with E-state index in [-0.39, 0.29) is 0 Å². The molecule has 0 amide bonds. The summed E-state index contributed by atoms with van der Waals surface area (Å²) in [5, 5.41) is 9.65. The standard InChI is InChI=1S/C15H25N3O/c1-4-17(5-2)14-7-9-18(11-14)15-10-13(12(3)19)6-8-16-15/h6,8,10,12,14,19H,4-5,7,9,11H2,1-3H3/t12-,14?/m1/s1. The van der Waals surface area contributed by atoms with Crippen molar-refractivity contribution in [3.8, 4) is 0 Å². The van der Waals surface area contributed by atoms with Crippen LogP contribution in [0.3, 0.4) is 0 Å². The van der Waals surface area contributed by atoms with Crippen LogP contribution in [0.5, 0.6) is 0 Å². The van der Waals surface area contributed by atoms with Gasteiger partial charge in [-0.1, -0.05) is 13.8 Å². The highest BCUT2D eigenvalue weighted by molar-refractivity contribution is 5.43. The van der Waals surface area contributed by atoms with Crippen LogP contribution in [0.15, 0.2) is 18.3 Å². The molecule has 4 heteroatoms. The summed E-state index contributed by atoms with van der Waals surface area (Å²) in [6.07, 6.45) is 2.56. The second kappa shape index (κ2) is 6.35. The molecule has 1 aliphatic heterocycles. The SMILES string of the molecule is CCN(CC)C1CCN(c2cc([C@@H](C)O)ccn2)C1. The maximum Gasteiger partial charge on any atom is 0.128 e. The molecule has 106 valence electrons. The van der Waals surface area contributed by atoms with Gasteiger partial charge in [0.05, 0.1) is 6.10 Å². The van der Waals surface area contributed by atoms with Crippen molar-refractivity contribution in [2.45, 2.75) is 39.3 Å². The van der Waals surface area contributed by atoms with E-state index < -0.39 is 6.10 Å². The lowest BCUT2D eigenvalue weighted by Gasteiger charge is -2.26. The van der Waals surface area contributed by atoms with Crippen LogP contribution in [-0.2, 0) is 0 Å². The second-order valence-corrected chi connectivity index (χ2v) is 5.23. The molecule has 2 rings (SSSR count). The fourth-order valence-electron chi connectivity index (χ4n) is 2.85. The van der Waals surface area contributed by atoms with Crippen LogP contribution in [0.1, 0.15) is 38.9 Å². The third-order valence-corrected chi connectivity index (χ3v) is 4.07. The van der Waals surface area contributed by atoms with Gasteiger partial charge >= 0.3 is 0 Å². The summed E-state index contributed by atoms with van der Waals surface area (Å²) in [7, 11) is 0. The number of hydrogen-bond donors (Lipinski definition) is 1. The topological polar surface area (TPSA) is 39.6 Å². The normalized spacial score (nSPS) is 21.1. The van der Waals surface area contributed by atoms with Gasteiger partial charge in [0.1, 0.15) is 5.82 Å². The Balaban J connectivity index is 2.06. The van der Waals surface area contributed by atoms with Gasteiger partial charge in [-0.3, -0.25) is 4.90 Å². The predicted octanol–water partition coefficient (Wildman–Crippen LogP) is 2.06. The minimum atomic E-state index is -0.428. The molecule has 1 fully saturated rings. The average molecular weight is 263 g/mol. The van der Waals surface area contributed by atoms with Crippen molar-refractivity contribution >= 4 is 5.82 Å². The zero-order valence-electron chi connectivity index (χ0n) is 12.2. The highest BCUT2D eigenvalue weighted by Gasteiger charge is 2.27. The summed E-state index contributed by atoms with van der Waals surface area (Å²) in [6, 6.07) is 4.52. The number of anilines is 1. The summed E-state index contributed by atoms with van der Waals surface area (Å²) in [5.74, 6) is 0.994. The van der Waals surface area contributed by atoms with E-state index in [0.29, 0.717) is 6.04 Å². The molecule has 4 nitrogen and oxygen atoms in total. The van der Waals surface area contributed by atoms with Crippen LogP contribution in [-0.4, -0.2) is 47.2 Å². The van der Waals surface area contributed by atoms with Crippen molar-refractivity contribution in [3.05, 3.63) is 23.9 Å². The lowest BCUT2D eigenvalue weighted by molar-refractivity contribution is 0.199. The van der Waals surface area contributed by atoms with Gasteiger partial charge in [-0.2, -0.15) is 0 Å². The molecule has 0 spiro atoms. The van der Waals surface area contributed by atoms with E-state index >= 15 is 0 Å². The zero-order valence-corrected chi connectivity index (χ0v) is 12.2. The Labute approximate surface area is 116 Å². The van der Waals surface area contributed by atoms with Gasteiger partial charge in [-0.15, -0.1) is 0 Å². The number of nitrogens with zero attached hydrogens (tertiary/aromatic N) is 3. The first-order chi connectivity index (χ1) is 9.15. The average Bonchev–Trinajstić information content (AvgIpc) is 2.90. The molecule has 1 aromatic heterocycles. The van der Waals surface area contributed by atoms with Gasteiger partial charge in [-0.25, -0.2) is 4.98 Å². The molecule has 0 bridgehead atoms. The first-order valence-corrected chi connectivity index (χ1v) is 7.28. The van der Waals surface area contributed by atoms with Crippen LogP contribution in [0, 0.1) is 0 Å². The number of hydrogen-bond acceptors (Lipinski definition) is 4. The molecule has 0 aromatic carbocycles. The zero-order chi connectivity index (χ0) is 13.8. The number of aliphatic hydroxyl groups excluding tert-OH is 1. The Morgan fingerprint density at radius 1 is 1.47 bits per heavy atom. The molecule has 1 aliphatic rings. The van der Waals surface area contributed by atoms with Crippen molar-refractivity contribution in [1.82, 2.24) is 9.88 Å². The van der Waals surface area contributed by atoms with Crippen molar-refractivity contribution in [2.24, 2.45) is 0 Å². The van der Waals surface area contributed by atoms with Crippen molar-refractivity contribution in [3.63, 3.8) is 0 Å². The number of pyridine rings is 1. The molecule has 0 aliphatic carbocycles. The van der Waals surface area contributed by atoms with Crippen LogP contribution in [0.25, 0.3) is 0 Å². The second-order valence-electron chi connectivity index (χ2n) is 5.23. The van der Waals surface area contributed by atoms with E-state index in [2.05, 4.69) is 28.6 Å². The van der Waals surface area contributed by atoms with Crippen molar-refractivity contribution in [1.29, 1.82) is 0 Å². The Morgan fingerprint density at radius 3 is 2.84 bits per heavy atom. The fourth-order valence-corrected chi connectivity index (χ4v) is 2.85. The molecule has 1 saturated heterocycles. The highest BCUT2D eigenvalue weighted by Crippen LogP contribution is 2.23. The fraction of sp³-hybridized carbons (Fsp3) is 0.667. The molecule has 1 aromatic rings. The Hall–Kier alpha value is -1.13. The monoisotopic (exact) mass is 263 g/mol. The molecular weight excluding hydrogens is 238 g/mol. The van der Waals surface area contributed by atoms with Gasteiger partial charge in [-0.05, 0) is 44.1 Å². The molecule has 1 unspecified atom stereocenters. The van der Waals surface area contributed by atoms with Gasteiger partial charge in [0.2, 0.25) is 0 Å². The Kier molecular flexibility index (Phi) is 4.77. The van der Waals surface area contributed by atoms with Crippen molar-refractivity contribution < 1.29 is 5.11 Å². The largest absolute Gasteiger partial charge is 0.389 e. The molecule has 2 atom stereocenters. The van der Waals surface area contributed by atoms with E-state index in [1.807, 2.05) is 12.1 Å². The minimum absolute atomic E-state index is 0.428. The van der Waals surface area contributed by atoms with Crippen LogP contribution >= 0.6 is 0 Å². The van der Waals surface area contributed by atoms with E-state index in [0.717, 1.165) is 37.6 Å². The first kappa shape index (κ1) is 14.3. The molecule has 1 N–H and O–H groups in total. The van der Waals surface area contributed by atoms with Gasteiger partial charge in [0.15, 0.2) is 0 Å². The molecule has 0 saturated carbocycles. The molecular formula is C15H25N3O. The summed E-state index contributed by atoms with van der Waals surface area (Å²) in [6.45, 7) is 10.5. The summed E-state index contributed by atoms with van der Waals surface area (Å²) in [4.78, 5) is 9.29. The van der Waals surface area contributed by atoms with E-state index in [1.54, 1.807) is 13.1 Å². The summed E-state index contributed by atoms with van der Waals surface area (Å²) in [5.41, 5.74) is 0.941. The lowest BCUT2D eigenvalue weighted by atomic mass is 10.2.